The molecule has 0 saturated carbocycles. The minimum absolute atomic E-state index is 0.0974. The highest BCUT2D eigenvalue weighted by atomic mass is 19.1. The first-order valence-corrected chi connectivity index (χ1v) is 8.44. The summed E-state index contributed by atoms with van der Waals surface area (Å²) < 4.78 is 14.6. The molecule has 4 rings (SSSR count). The van der Waals surface area contributed by atoms with Gasteiger partial charge in [-0.2, -0.15) is 0 Å². The van der Waals surface area contributed by atoms with E-state index in [2.05, 4.69) is 9.97 Å². The minimum atomic E-state index is -0.341. The lowest BCUT2D eigenvalue weighted by Crippen LogP contribution is -2.08. The number of phenolic OH excluding ortho intramolecular Hbond substituents is 1. The fourth-order valence-corrected chi connectivity index (χ4v) is 3.33. The van der Waals surface area contributed by atoms with Crippen molar-refractivity contribution >= 4 is 10.9 Å². The summed E-state index contributed by atoms with van der Waals surface area (Å²) in [6, 6.07) is 18.0. The van der Waals surface area contributed by atoms with Gasteiger partial charge in [0.1, 0.15) is 17.1 Å². The summed E-state index contributed by atoms with van der Waals surface area (Å²) in [5.74, 6) is -0.533. The number of hydrogen-bond acceptors (Lipinski definition) is 3. The molecule has 0 aliphatic heterocycles. The van der Waals surface area contributed by atoms with Crippen LogP contribution in [0.1, 0.15) is 22.6 Å². The summed E-state index contributed by atoms with van der Waals surface area (Å²) in [6.45, 7) is 0. The second-order valence-corrected chi connectivity index (χ2v) is 6.22. The van der Waals surface area contributed by atoms with Crippen LogP contribution in [0.15, 0.2) is 79.3 Å². The molecule has 4 aromatic rings. The van der Waals surface area contributed by atoms with Gasteiger partial charge in [-0.3, -0.25) is 9.97 Å². The number of hydrogen-bond donors (Lipinski definition) is 1. The van der Waals surface area contributed by atoms with Crippen molar-refractivity contribution in [3.05, 3.63) is 102 Å². The molecule has 1 atom stereocenters. The highest BCUT2D eigenvalue weighted by Crippen LogP contribution is 2.38. The Bertz CT molecular complexity index is 1050. The van der Waals surface area contributed by atoms with Crippen LogP contribution in [0.4, 0.5) is 4.39 Å². The number of benzene rings is 2. The van der Waals surface area contributed by atoms with E-state index in [1.807, 2.05) is 42.5 Å². The fraction of sp³-hybridized carbons (Fsp3) is 0.0909. The molecular formula is C22H17FN2O. The number of pyridine rings is 2. The highest BCUT2D eigenvalue weighted by molar-refractivity contribution is 5.85. The average Bonchev–Trinajstić information content (AvgIpc) is 2.68. The lowest BCUT2D eigenvalue weighted by molar-refractivity contribution is 0.468. The first-order valence-electron chi connectivity index (χ1n) is 8.44. The zero-order valence-corrected chi connectivity index (χ0v) is 14.0. The van der Waals surface area contributed by atoms with Gasteiger partial charge < -0.3 is 5.11 Å². The van der Waals surface area contributed by atoms with E-state index in [1.54, 1.807) is 30.7 Å². The first kappa shape index (κ1) is 16.2. The second-order valence-electron chi connectivity index (χ2n) is 6.22. The van der Waals surface area contributed by atoms with E-state index in [0.717, 1.165) is 10.9 Å². The molecule has 3 nitrogen and oxygen atoms in total. The third-order valence-electron chi connectivity index (χ3n) is 4.60. The van der Waals surface area contributed by atoms with Gasteiger partial charge >= 0.3 is 0 Å². The standard InChI is InChI=1S/C22H17FN2O/c23-20-8-2-1-7-17(20)19(13-15-5-3-11-24-14-15)18-10-9-16-6-4-12-25-21(16)22(18)26/h1-12,14,19,26H,13H2. The molecule has 4 heteroatoms. The summed E-state index contributed by atoms with van der Waals surface area (Å²) in [4.78, 5) is 8.44. The molecule has 0 spiro atoms. The van der Waals surface area contributed by atoms with Crippen LogP contribution in [0.3, 0.4) is 0 Å². The SMILES string of the molecule is Oc1c(C(Cc2cccnc2)c2ccccc2F)ccc2cccnc12. The third-order valence-corrected chi connectivity index (χ3v) is 4.60. The molecule has 1 unspecified atom stereocenters. The summed E-state index contributed by atoms with van der Waals surface area (Å²) in [6.07, 6.45) is 5.65. The Morgan fingerprint density at radius 2 is 1.73 bits per heavy atom. The van der Waals surface area contributed by atoms with Crippen LogP contribution in [-0.2, 0) is 6.42 Å². The number of fused-ring (bicyclic) bond motifs is 1. The van der Waals surface area contributed by atoms with Crippen molar-refractivity contribution in [1.82, 2.24) is 9.97 Å². The van der Waals surface area contributed by atoms with Gasteiger partial charge in [-0.25, -0.2) is 4.39 Å². The molecule has 2 aromatic heterocycles. The fourth-order valence-electron chi connectivity index (χ4n) is 3.33. The van der Waals surface area contributed by atoms with Gasteiger partial charge in [0.05, 0.1) is 0 Å². The van der Waals surface area contributed by atoms with Gasteiger partial charge in [0, 0.05) is 35.5 Å². The Morgan fingerprint density at radius 3 is 2.54 bits per heavy atom. The van der Waals surface area contributed by atoms with Gasteiger partial charge in [0.15, 0.2) is 0 Å². The predicted molar refractivity (Wildman–Crippen MR) is 99.6 cm³/mol. The van der Waals surface area contributed by atoms with Crippen molar-refractivity contribution in [3.8, 4) is 5.75 Å². The van der Waals surface area contributed by atoms with Crippen molar-refractivity contribution in [3.63, 3.8) is 0 Å². The predicted octanol–water partition coefficient (Wildman–Crippen LogP) is 4.85. The maximum absolute atomic E-state index is 14.6. The summed E-state index contributed by atoms with van der Waals surface area (Å²) >= 11 is 0. The Hall–Kier alpha value is -3.27. The van der Waals surface area contributed by atoms with E-state index in [9.17, 15) is 9.50 Å². The van der Waals surface area contributed by atoms with Gasteiger partial charge in [-0.1, -0.05) is 42.5 Å². The molecule has 0 aliphatic rings. The van der Waals surface area contributed by atoms with Crippen molar-refractivity contribution in [2.24, 2.45) is 0 Å². The molecule has 0 radical (unpaired) electrons. The van der Waals surface area contributed by atoms with Crippen LogP contribution < -0.4 is 0 Å². The molecule has 0 aliphatic carbocycles. The van der Waals surface area contributed by atoms with Crippen molar-refractivity contribution in [2.45, 2.75) is 12.3 Å². The van der Waals surface area contributed by atoms with E-state index >= 15 is 0 Å². The quantitative estimate of drug-likeness (QED) is 0.576. The smallest absolute Gasteiger partial charge is 0.145 e. The first-order chi connectivity index (χ1) is 12.7. The highest BCUT2D eigenvalue weighted by Gasteiger charge is 2.23. The van der Waals surface area contributed by atoms with Crippen molar-refractivity contribution < 1.29 is 9.50 Å². The molecule has 2 aromatic carbocycles. The maximum atomic E-state index is 14.6. The van der Waals surface area contributed by atoms with Crippen molar-refractivity contribution in [1.29, 1.82) is 0 Å². The molecule has 26 heavy (non-hydrogen) atoms. The lowest BCUT2D eigenvalue weighted by Gasteiger charge is -2.20. The zero-order chi connectivity index (χ0) is 17.9. The number of rotatable bonds is 4. The monoisotopic (exact) mass is 344 g/mol. The normalized spacial score (nSPS) is 12.2. The Labute approximate surface area is 150 Å². The average molecular weight is 344 g/mol. The van der Waals surface area contributed by atoms with E-state index < -0.39 is 0 Å². The molecule has 0 saturated heterocycles. The minimum Gasteiger partial charge on any atom is -0.505 e. The van der Waals surface area contributed by atoms with Crippen molar-refractivity contribution in [2.75, 3.05) is 0 Å². The van der Waals surface area contributed by atoms with Gasteiger partial charge in [0.25, 0.3) is 0 Å². The van der Waals surface area contributed by atoms with Crippen LogP contribution in [-0.4, -0.2) is 15.1 Å². The van der Waals surface area contributed by atoms with Gasteiger partial charge in [-0.05, 0) is 35.7 Å². The largest absolute Gasteiger partial charge is 0.505 e. The number of nitrogens with zero attached hydrogens (tertiary/aromatic N) is 2. The maximum Gasteiger partial charge on any atom is 0.145 e. The van der Waals surface area contributed by atoms with E-state index in [1.165, 1.54) is 6.07 Å². The van der Waals surface area contributed by atoms with Crippen LogP contribution >= 0.6 is 0 Å². The van der Waals surface area contributed by atoms with Gasteiger partial charge in [-0.15, -0.1) is 0 Å². The van der Waals surface area contributed by atoms with E-state index in [-0.39, 0.29) is 17.5 Å². The molecule has 0 bridgehead atoms. The summed E-state index contributed by atoms with van der Waals surface area (Å²) in [7, 11) is 0. The Morgan fingerprint density at radius 1 is 0.885 bits per heavy atom. The summed E-state index contributed by atoms with van der Waals surface area (Å²) in [5.41, 5.74) is 2.70. The zero-order valence-electron chi connectivity index (χ0n) is 14.0. The Kier molecular flexibility index (Phi) is 4.32. The van der Waals surface area contributed by atoms with E-state index in [0.29, 0.717) is 23.1 Å². The van der Waals surface area contributed by atoms with E-state index in [4.69, 9.17) is 0 Å². The third kappa shape index (κ3) is 3.02. The lowest BCUT2D eigenvalue weighted by atomic mass is 9.85. The van der Waals surface area contributed by atoms with Crippen LogP contribution in [0.25, 0.3) is 10.9 Å². The van der Waals surface area contributed by atoms with Crippen LogP contribution in [0, 0.1) is 5.82 Å². The summed E-state index contributed by atoms with van der Waals surface area (Å²) in [5, 5.41) is 11.7. The molecule has 128 valence electrons. The van der Waals surface area contributed by atoms with Crippen LogP contribution in [0.2, 0.25) is 0 Å². The Balaban J connectivity index is 1.88. The topological polar surface area (TPSA) is 46.0 Å². The second kappa shape index (κ2) is 6.92. The molecule has 0 amide bonds. The molecule has 0 fully saturated rings. The molecule has 2 heterocycles. The molecular weight excluding hydrogens is 327 g/mol. The van der Waals surface area contributed by atoms with Gasteiger partial charge in [0.2, 0.25) is 0 Å². The number of aromatic hydroxyl groups is 1. The number of phenols is 1. The molecule has 1 N–H and O–H groups in total. The number of halogens is 1. The number of aromatic nitrogens is 2. The van der Waals surface area contributed by atoms with Crippen LogP contribution in [0.5, 0.6) is 5.75 Å².